The monoisotopic (exact) mass is 722 g/mol. The van der Waals surface area contributed by atoms with Crippen molar-refractivity contribution >= 4 is 54.1 Å². The standard InChI is InChI=1S/C55H34N2/c1-3-15-39(16-4-1)55(40-17-5-2-6-18-40)48-24-12-11-19-42(48)47-31-27-37-34-38(28-30-41(37)52(47)55)50-43-20-7-9-22-45(43)51(46-23-10-8-21-44(46)50)49-32-29-36-26-25-35-14-13-33-56-53(35)54(36)57-49/h1-34H. The summed E-state index contributed by atoms with van der Waals surface area (Å²) in [6.07, 6.45) is 1.86. The molecule has 0 spiro atoms. The van der Waals surface area contributed by atoms with Crippen molar-refractivity contribution in [2.24, 2.45) is 0 Å². The normalized spacial score (nSPS) is 13.1. The Balaban J connectivity index is 1.12. The Morgan fingerprint density at radius 2 is 0.947 bits per heavy atom. The molecule has 0 N–H and O–H groups in total. The molecule has 0 atom stereocenters. The third-order valence-electron chi connectivity index (χ3n) is 12.3. The number of fused-ring (bicyclic) bond motifs is 10. The van der Waals surface area contributed by atoms with Crippen LogP contribution in [-0.4, -0.2) is 9.97 Å². The second-order valence-electron chi connectivity index (χ2n) is 15.2. The lowest BCUT2D eigenvalue weighted by atomic mass is 9.66. The fraction of sp³-hybridized carbons (Fsp3) is 0.0182. The van der Waals surface area contributed by atoms with E-state index in [9.17, 15) is 0 Å². The molecule has 2 heterocycles. The molecule has 1 aliphatic rings. The Labute approximate surface area is 330 Å². The van der Waals surface area contributed by atoms with Crippen LogP contribution in [0.2, 0.25) is 0 Å². The van der Waals surface area contributed by atoms with Crippen LogP contribution in [0, 0.1) is 0 Å². The maximum absolute atomic E-state index is 5.37. The molecule has 264 valence electrons. The van der Waals surface area contributed by atoms with Gasteiger partial charge < -0.3 is 0 Å². The van der Waals surface area contributed by atoms with Gasteiger partial charge in [0.25, 0.3) is 0 Å². The highest BCUT2D eigenvalue weighted by Crippen LogP contribution is 2.58. The lowest BCUT2D eigenvalue weighted by molar-refractivity contribution is 0.775. The van der Waals surface area contributed by atoms with Crippen LogP contribution >= 0.6 is 0 Å². The molecule has 57 heavy (non-hydrogen) atoms. The predicted molar refractivity (Wildman–Crippen MR) is 238 cm³/mol. The molecule has 0 saturated carbocycles. The highest BCUT2D eigenvalue weighted by atomic mass is 14.8. The van der Waals surface area contributed by atoms with Crippen LogP contribution in [0.3, 0.4) is 0 Å². The first-order valence-electron chi connectivity index (χ1n) is 19.7. The Bertz CT molecular complexity index is 3310. The first-order chi connectivity index (χ1) is 28.3. The molecule has 2 aromatic heterocycles. The zero-order chi connectivity index (χ0) is 37.5. The quantitative estimate of drug-likeness (QED) is 0.134. The number of hydrogen-bond acceptors (Lipinski definition) is 2. The Morgan fingerprint density at radius 3 is 1.65 bits per heavy atom. The van der Waals surface area contributed by atoms with Crippen molar-refractivity contribution in [3.8, 4) is 33.5 Å². The van der Waals surface area contributed by atoms with Crippen molar-refractivity contribution in [3.63, 3.8) is 0 Å². The van der Waals surface area contributed by atoms with Gasteiger partial charge in [0.15, 0.2) is 0 Å². The predicted octanol–water partition coefficient (Wildman–Crippen LogP) is 13.9. The summed E-state index contributed by atoms with van der Waals surface area (Å²) in [6.45, 7) is 0. The topological polar surface area (TPSA) is 25.8 Å². The second kappa shape index (κ2) is 12.3. The van der Waals surface area contributed by atoms with Gasteiger partial charge in [-0.1, -0.05) is 182 Å². The van der Waals surface area contributed by atoms with Crippen LogP contribution < -0.4 is 0 Å². The zero-order valence-electron chi connectivity index (χ0n) is 31.0. The van der Waals surface area contributed by atoms with Crippen molar-refractivity contribution in [1.29, 1.82) is 0 Å². The Hall–Kier alpha value is -7.42. The lowest BCUT2D eigenvalue weighted by Gasteiger charge is -2.34. The maximum atomic E-state index is 5.37. The van der Waals surface area contributed by atoms with Gasteiger partial charge >= 0.3 is 0 Å². The third kappa shape index (κ3) is 4.53. The molecule has 9 aromatic carbocycles. The molecule has 11 aromatic rings. The molecule has 0 unspecified atom stereocenters. The molecule has 1 aliphatic carbocycles. The van der Waals surface area contributed by atoms with Crippen LogP contribution in [0.5, 0.6) is 0 Å². The van der Waals surface area contributed by atoms with Crippen molar-refractivity contribution in [1.82, 2.24) is 9.97 Å². The van der Waals surface area contributed by atoms with Gasteiger partial charge in [-0.2, -0.15) is 0 Å². The van der Waals surface area contributed by atoms with E-state index in [-0.39, 0.29) is 0 Å². The number of rotatable bonds is 4. The summed E-state index contributed by atoms with van der Waals surface area (Å²) in [5.74, 6) is 0. The average molecular weight is 723 g/mol. The van der Waals surface area contributed by atoms with Gasteiger partial charge in [-0.15, -0.1) is 0 Å². The van der Waals surface area contributed by atoms with Gasteiger partial charge in [-0.05, 0) is 95.0 Å². The molecule has 2 heteroatoms. The number of nitrogens with zero attached hydrogens (tertiary/aromatic N) is 2. The van der Waals surface area contributed by atoms with Crippen LogP contribution in [0.15, 0.2) is 206 Å². The molecule has 0 fully saturated rings. The van der Waals surface area contributed by atoms with E-state index in [1.165, 1.54) is 76.8 Å². The Kier molecular flexibility index (Phi) is 6.88. The van der Waals surface area contributed by atoms with Gasteiger partial charge in [-0.25, -0.2) is 4.98 Å². The highest BCUT2D eigenvalue weighted by Gasteiger charge is 2.47. The SMILES string of the molecule is c1ccc(C2(c3ccccc3)c3ccccc3-c3ccc4cc(-c5c6ccccc6c(-c6ccc7ccc8cccnc8c7n6)c6ccccc56)ccc4c32)cc1. The molecule has 12 rings (SSSR count). The maximum Gasteiger partial charge on any atom is 0.0972 e. The van der Waals surface area contributed by atoms with E-state index >= 15 is 0 Å². The van der Waals surface area contributed by atoms with E-state index in [1.54, 1.807) is 0 Å². The molecule has 2 nitrogen and oxygen atoms in total. The van der Waals surface area contributed by atoms with Gasteiger partial charge in [-0.3, -0.25) is 4.98 Å². The molecule has 0 saturated heterocycles. The number of benzene rings is 9. The van der Waals surface area contributed by atoms with E-state index in [1.807, 2.05) is 12.3 Å². The van der Waals surface area contributed by atoms with Crippen molar-refractivity contribution < 1.29 is 0 Å². The fourth-order valence-electron chi connectivity index (χ4n) is 10.0. The minimum atomic E-state index is -0.468. The van der Waals surface area contributed by atoms with E-state index in [0.29, 0.717) is 0 Å². The third-order valence-corrected chi connectivity index (χ3v) is 12.3. The van der Waals surface area contributed by atoms with Gasteiger partial charge in [0.2, 0.25) is 0 Å². The molecular weight excluding hydrogens is 689 g/mol. The Morgan fingerprint density at radius 1 is 0.368 bits per heavy atom. The smallest absolute Gasteiger partial charge is 0.0972 e. The van der Waals surface area contributed by atoms with E-state index < -0.39 is 5.41 Å². The summed E-state index contributed by atoms with van der Waals surface area (Å²) >= 11 is 0. The fourth-order valence-corrected chi connectivity index (χ4v) is 10.0. The van der Waals surface area contributed by atoms with Crippen LogP contribution in [0.1, 0.15) is 22.3 Å². The number of hydrogen-bond donors (Lipinski definition) is 0. The molecule has 0 radical (unpaired) electrons. The summed E-state index contributed by atoms with van der Waals surface area (Å²) in [4.78, 5) is 10.1. The highest BCUT2D eigenvalue weighted by molar-refractivity contribution is 6.22. The zero-order valence-corrected chi connectivity index (χ0v) is 31.0. The molecular formula is C55H34N2. The van der Waals surface area contributed by atoms with Crippen LogP contribution in [-0.2, 0) is 5.41 Å². The van der Waals surface area contributed by atoms with Crippen molar-refractivity contribution in [3.05, 3.63) is 229 Å². The number of pyridine rings is 2. The van der Waals surface area contributed by atoms with Crippen LogP contribution in [0.25, 0.3) is 87.6 Å². The number of aromatic nitrogens is 2. The van der Waals surface area contributed by atoms with Crippen molar-refractivity contribution in [2.75, 3.05) is 0 Å². The molecule has 0 aliphatic heterocycles. The minimum absolute atomic E-state index is 0.468. The van der Waals surface area contributed by atoms with E-state index in [4.69, 9.17) is 9.97 Å². The molecule has 0 amide bonds. The summed E-state index contributed by atoms with van der Waals surface area (Å²) in [5.41, 5.74) is 13.7. The van der Waals surface area contributed by atoms with E-state index in [2.05, 4.69) is 194 Å². The summed E-state index contributed by atoms with van der Waals surface area (Å²) in [5, 5.41) is 9.46. The van der Waals surface area contributed by atoms with Gasteiger partial charge in [0.1, 0.15) is 0 Å². The average Bonchev–Trinajstić information content (AvgIpc) is 3.60. The lowest BCUT2D eigenvalue weighted by Crippen LogP contribution is -2.28. The van der Waals surface area contributed by atoms with Crippen LogP contribution in [0.4, 0.5) is 0 Å². The van der Waals surface area contributed by atoms with Gasteiger partial charge in [0.05, 0.1) is 22.1 Å². The largest absolute Gasteiger partial charge is 0.254 e. The minimum Gasteiger partial charge on any atom is -0.254 e. The molecule has 0 bridgehead atoms. The first-order valence-corrected chi connectivity index (χ1v) is 19.7. The summed E-state index contributed by atoms with van der Waals surface area (Å²) < 4.78 is 0. The summed E-state index contributed by atoms with van der Waals surface area (Å²) in [7, 11) is 0. The summed E-state index contributed by atoms with van der Waals surface area (Å²) in [6, 6.07) is 73.4. The van der Waals surface area contributed by atoms with E-state index in [0.717, 1.165) is 33.1 Å². The van der Waals surface area contributed by atoms with Crippen molar-refractivity contribution in [2.45, 2.75) is 5.41 Å². The second-order valence-corrected chi connectivity index (χ2v) is 15.2. The van der Waals surface area contributed by atoms with Gasteiger partial charge in [0, 0.05) is 22.5 Å². The first kappa shape index (κ1) is 31.9.